The number of amides is 1. The fourth-order valence-corrected chi connectivity index (χ4v) is 6.70. The number of carbonyl (C=O) groups excluding carboxylic acids is 1. The minimum absolute atomic E-state index is 0.0565. The monoisotopic (exact) mass is 646 g/mol. The van der Waals surface area contributed by atoms with Crippen LogP contribution in [-0.2, 0) is 16.8 Å². The van der Waals surface area contributed by atoms with Crippen LogP contribution in [0, 0.1) is 5.82 Å². The van der Waals surface area contributed by atoms with E-state index in [0.29, 0.717) is 21.3 Å². The Kier molecular flexibility index (Phi) is 7.00. The Balaban J connectivity index is 1.51. The van der Waals surface area contributed by atoms with Crippen molar-refractivity contribution in [2.45, 2.75) is 13.2 Å². The molecule has 1 aliphatic heterocycles. The minimum atomic E-state index is -4.24. The fraction of sp³-hybridized carbons (Fsp3) is 0.152. The largest absolute Gasteiger partial charge is 0.470 e. The maximum Gasteiger partial charge on any atom is 0.257 e. The number of para-hydroxylation sites is 1. The summed E-state index contributed by atoms with van der Waals surface area (Å²) in [5.41, 5.74) is 2.97. The Hall–Kier alpha value is -5.30. The summed E-state index contributed by atoms with van der Waals surface area (Å²) >= 11 is 0. The summed E-state index contributed by atoms with van der Waals surface area (Å²) in [6.07, 6.45) is -2.18. The summed E-state index contributed by atoms with van der Waals surface area (Å²) in [7, 11) is -2.81. The maximum absolute atomic E-state index is 13.9. The molecule has 0 atom stereocenters. The van der Waals surface area contributed by atoms with Crippen molar-refractivity contribution in [1.29, 1.82) is 0 Å². The lowest BCUT2D eigenvalue weighted by molar-refractivity contribution is 0.0964. The Morgan fingerprint density at radius 2 is 1.83 bits per heavy atom. The number of benzene rings is 3. The molecule has 234 valence electrons. The summed E-state index contributed by atoms with van der Waals surface area (Å²) in [5, 5.41) is 3.81. The number of anilines is 1. The van der Waals surface area contributed by atoms with Crippen LogP contribution in [0.3, 0.4) is 0 Å². The predicted molar refractivity (Wildman–Crippen MR) is 168 cm³/mol. The van der Waals surface area contributed by atoms with Crippen LogP contribution in [0.4, 0.5) is 18.9 Å². The standard InChI is InChI=1S/C33H25F3N4O5S/c1-37-33(41)30-22-14-21(23-11-12-27-31(38-23)26-13-19-5-3-4-6-24(19)39(26)17-44-27)25(40(16-29(35)36)46(2,42)43)15-28(22)45-32(30)18-7-9-20(34)10-8-18/h3-15,29H,16-17H2,1-2H3,(H,37,41). The molecule has 1 aliphatic rings. The van der Waals surface area contributed by atoms with Crippen LogP contribution in [0.1, 0.15) is 10.4 Å². The van der Waals surface area contributed by atoms with Crippen LogP contribution in [-0.4, -0.2) is 50.1 Å². The molecule has 0 fully saturated rings. The summed E-state index contributed by atoms with van der Waals surface area (Å²) in [6.45, 7) is -0.880. The van der Waals surface area contributed by atoms with Gasteiger partial charge in [-0.2, -0.15) is 0 Å². The molecule has 1 amide bonds. The molecule has 3 aromatic heterocycles. The van der Waals surface area contributed by atoms with Gasteiger partial charge in [0.1, 0.15) is 28.6 Å². The van der Waals surface area contributed by atoms with Crippen molar-refractivity contribution < 1.29 is 35.5 Å². The molecule has 9 nitrogen and oxygen atoms in total. The first-order chi connectivity index (χ1) is 22.0. The first-order valence-electron chi connectivity index (χ1n) is 14.1. The number of halogens is 3. The summed E-state index contributed by atoms with van der Waals surface area (Å²) < 4.78 is 82.1. The highest BCUT2D eigenvalue weighted by Crippen LogP contribution is 2.44. The van der Waals surface area contributed by atoms with Crippen LogP contribution >= 0.6 is 0 Å². The van der Waals surface area contributed by atoms with Crippen molar-refractivity contribution in [2.24, 2.45) is 0 Å². The number of furan rings is 1. The molecular formula is C33H25F3N4O5S. The third kappa shape index (κ3) is 4.92. The van der Waals surface area contributed by atoms with Gasteiger partial charge >= 0.3 is 0 Å². The van der Waals surface area contributed by atoms with Crippen LogP contribution in [0.15, 0.2) is 83.3 Å². The lowest BCUT2D eigenvalue weighted by Gasteiger charge is -2.25. The number of hydrogen-bond donors (Lipinski definition) is 1. The number of ether oxygens (including phenoxy) is 1. The number of nitrogens with one attached hydrogen (secondary N) is 1. The minimum Gasteiger partial charge on any atom is -0.470 e. The van der Waals surface area contributed by atoms with Gasteiger partial charge in [0.2, 0.25) is 10.0 Å². The number of pyridine rings is 1. The van der Waals surface area contributed by atoms with Gasteiger partial charge in [-0.3, -0.25) is 9.10 Å². The topological polar surface area (TPSA) is 107 Å². The van der Waals surface area contributed by atoms with Gasteiger partial charge in [0.15, 0.2) is 6.73 Å². The average molecular weight is 647 g/mol. The molecule has 4 heterocycles. The van der Waals surface area contributed by atoms with Crippen LogP contribution < -0.4 is 14.4 Å². The van der Waals surface area contributed by atoms with Gasteiger partial charge in [0.25, 0.3) is 12.3 Å². The van der Waals surface area contributed by atoms with E-state index in [-0.39, 0.29) is 46.0 Å². The zero-order valence-electron chi connectivity index (χ0n) is 24.4. The lowest BCUT2D eigenvalue weighted by Crippen LogP contribution is -2.34. The third-order valence-electron chi connectivity index (χ3n) is 7.88. The molecular weight excluding hydrogens is 621 g/mol. The van der Waals surface area contributed by atoms with E-state index in [0.717, 1.165) is 22.9 Å². The van der Waals surface area contributed by atoms with Crippen molar-refractivity contribution >= 4 is 43.5 Å². The molecule has 3 aromatic carbocycles. The number of hydrogen-bond acceptors (Lipinski definition) is 6. The SMILES string of the molecule is CNC(=O)c1c(-c2ccc(F)cc2)oc2cc(N(CC(F)F)S(C)(=O)=O)c(-c3ccc4c(n3)-c3cc5ccccc5n3CO4)cc12. The zero-order chi connectivity index (χ0) is 32.3. The summed E-state index contributed by atoms with van der Waals surface area (Å²) in [6, 6.07) is 21.1. The van der Waals surface area contributed by atoms with E-state index in [1.165, 1.54) is 43.4 Å². The molecule has 0 saturated heterocycles. The Bertz CT molecular complexity index is 2280. The number of nitrogens with zero attached hydrogens (tertiary/aromatic N) is 3. The number of fused-ring (bicyclic) bond motifs is 6. The van der Waals surface area contributed by atoms with E-state index >= 15 is 0 Å². The van der Waals surface area contributed by atoms with Gasteiger partial charge in [0, 0.05) is 35.0 Å². The second kappa shape index (κ2) is 10.9. The number of carbonyl (C=O) groups is 1. The van der Waals surface area contributed by atoms with Crippen LogP contribution in [0.5, 0.6) is 5.75 Å². The van der Waals surface area contributed by atoms with E-state index in [9.17, 15) is 26.4 Å². The van der Waals surface area contributed by atoms with Gasteiger partial charge in [0.05, 0.1) is 41.0 Å². The molecule has 7 rings (SSSR count). The summed E-state index contributed by atoms with van der Waals surface area (Å²) in [5.74, 6) is -0.445. The van der Waals surface area contributed by atoms with Gasteiger partial charge in [-0.05, 0) is 54.6 Å². The van der Waals surface area contributed by atoms with Crippen molar-refractivity contribution in [3.8, 4) is 39.7 Å². The highest BCUT2D eigenvalue weighted by Gasteiger charge is 2.30. The molecule has 6 aromatic rings. The Labute approximate surface area is 260 Å². The molecule has 0 radical (unpaired) electrons. The normalized spacial score (nSPS) is 12.7. The number of aromatic nitrogens is 2. The molecule has 13 heteroatoms. The van der Waals surface area contributed by atoms with Crippen molar-refractivity contribution in [3.05, 3.63) is 90.2 Å². The average Bonchev–Trinajstić information content (AvgIpc) is 3.61. The van der Waals surface area contributed by atoms with Crippen molar-refractivity contribution in [3.63, 3.8) is 0 Å². The van der Waals surface area contributed by atoms with Gasteiger partial charge < -0.3 is 19.0 Å². The Morgan fingerprint density at radius 1 is 1.07 bits per heavy atom. The highest BCUT2D eigenvalue weighted by atomic mass is 32.2. The number of alkyl halides is 2. The second-order valence-corrected chi connectivity index (χ2v) is 12.7. The van der Waals surface area contributed by atoms with E-state index < -0.39 is 34.7 Å². The molecule has 0 bridgehead atoms. The van der Waals surface area contributed by atoms with E-state index in [1.54, 1.807) is 12.1 Å². The second-order valence-electron chi connectivity index (χ2n) is 10.8. The Morgan fingerprint density at radius 3 is 2.54 bits per heavy atom. The maximum atomic E-state index is 13.9. The fourth-order valence-electron chi connectivity index (χ4n) is 5.81. The molecule has 0 saturated carbocycles. The molecule has 1 N–H and O–H groups in total. The van der Waals surface area contributed by atoms with Crippen LogP contribution in [0.2, 0.25) is 0 Å². The quantitative estimate of drug-likeness (QED) is 0.208. The van der Waals surface area contributed by atoms with Crippen LogP contribution in [0.25, 0.3) is 55.8 Å². The number of rotatable bonds is 7. The van der Waals surface area contributed by atoms with Crippen molar-refractivity contribution in [2.75, 3.05) is 24.2 Å². The van der Waals surface area contributed by atoms with Gasteiger partial charge in [-0.25, -0.2) is 26.6 Å². The predicted octanol–water partition coefficient (Wildman–Crippen LogP) is 6.66. The lowest BCUT2D eigenvalue weighted by atomic mass is 10.00. The van der Waals surface area contributed by atoms with Crippen molar-refractivity contribution in [1.82, 2.24) is 14.9 Å². The molecule has 0 unspecified atom stereocenters. The van der Waals surface area contributed by atoms with E-state index in [2.05, 4.69) is 5.32 Å². The summed E-state index contributed by atoms with van der Waals surface area (Å²) in [4.78, 5) is 18.1. The first kappa shape index (κ1) is 29.4. The molecule has 0 spiro atoms. The van der Waals surface area contributed by atoms with Gasteiger partial charge in [-0.1, -0.05) is 18.2 Å². The highest BCUT2D eigenvalue weighted by molar-refractivity contribution is 7.92. The van der Waals surface area contributed by atoms with E-state index in [1.807, 2.05) is 34.9 Å². The third-order valence-corrected chi connectivity index (χ3v) is 9.02. The smallest absolute Gasteiger partial charge is 0.257 e. The number of sulfonamides is 1. The molecule has 46 heavy (non-hydrogen) atoms. The molecule has 0 aliphatic carbocycles. The zero-order valence-corrected chi connectivity index (χ0v) is 25.2. The first-order valence-corrected chi connectivity index (χ1v) is 16.0. The van der Waals surface area contributed by atoms with E-state index in [4.69, 9.17) is 14.1 Å². The van der Waals surface area contributed by atoms with Gasteiger partial charge in [-0.15, -0.1) is 0 Å².